The third-order valence-electron chi connectivity index (χ3n) is 5.63. The first kappa shape index (κ1) is 28.3. The maximum absolute atomic E-state index is 12.4. The topological polar surface area (TPSA) is 226 Å². The molecule has 9 N–H and O–H groups in total. The quantitative estimate of drug-likeness (QED) is 0.198. The Labute approximate surface area is 208 Å². The van der Waals surface area contributed by atoms with Crippen LogP contribution < -0.4 is 22.5 Å². The molecule has 1 amide bonds. The van der Waals surface area contributed by atoms with Gasteiger partial charge in [-0.1, -0.05) is 12.1 Å². The highest BCUT2D eigenvalue weighted by Crippen LogP contribution is 2.34. The minimum absolute atomic E-state index is 0.0282. The molecule has 2 aromatic rings. The number of aromatic nitrogens is 2. The molecule has 1 unspecified atom stereocenters. The van der Waals surface area contributed by atoms with Gasteiger partial charge in [0.05, 0.1) is 0 Å². The molecule has 196 valence electrons. The van der Waals surface area contributed by atoms with Gasteiger partial charge in [-0.15, -0.1) is 0 Å². The highest BCUT2D eigenvalue weighted by atomic mass is 16.7. The van der Waals surface area contributed by atoms with Gasteiger partial charge in [0.25, 0.3) is 5.91 Å². The van der Waals surface area contributed by atoms with E-state index >= 15 is 0 Å². The number of nitrogen functional groups attached to an aromatic ring is 3. The van der Waals surface area contributed by atoms with E-state index in [2.05, 4.69) is 15.3 Å². The fraction of sp³-hybridized carbons (Fsp3) is 0.435. The third-order valence-corrected chi connectivity index (χ3v) is 5.63. The number of anilines is 3. The van der Waals surface area contributed by atoms with Gasteiger partial charge in [-0.25, -0.2) is 4.79 Å². The number of rotatable bonds is 14. The van der Waals surface area contributed by atoms with Gasteiger partial charge in [-0.05, 0) is 43.4 Å². The van der Waals surface area contributed by atoms with Crippen LogP contribution >= 0.6 is 0 Å². The van der Waals surface area contributed by atoms with Crippen LogP contribution in [0.1, 0.15) is 53.1 Å². The van der Waals surface area contributed by atoms with Crippen LogP contribution in [-0.2, 0) is 25.5 Å². The fourth-order valence-corrected chi connectivity index (χ4v) is 3.86. The van der Waals surface area contributed by atoms with Crippen molar-refractivity contribution in [3.8, 4) is 0 Å². The van der Waals surface area contributed by atoms with Crippen molar-refractivity contribution in [2.24, 2.45) is 0 Å². The first-order chi connectivity index (χ1) is 17.1. The monoisotopic (exact) mass is 504 g/mol. The average molecular weight is 505 g/mol. The molecule has 0 fully saturated rings. The Hall–Kier alpha value is -3.97. The number of carbonyl (C=O) groups excluding carboxylic acids is 1. The van der Waals surface area contributed by atoms with Gasteiger partial charge in [0.1, 0.15) is 17.7 Å². The van der Waals surface area contributed by atoms with E-state index in [9.17, 15) is 19.5 Å². The van der Waals surface area contributed by atoms with E-state index in [0.29, 0.717) is 24.8 Å². The summed E-state index contributed by atoms with van der Waals surface area (Å²) in [5.41, 5.74) is 19.4. The summed E-state index contributed by atoms with van der Waals surface area (Å²) in [5.74, 6) is -3.11. The van der Waals surface area contributed by atoms with Crippen molar-refractivity contribution in [1.82, 2.24) is 15.3 Å². The summed E-state index contributed by atoms with van der Waals surface area (Å²) >= 11 is 0. The third kappa shape index (κ3) is 7.78. The second-order valence-corrected chi connectivity index (χ2v) is 8.10. The fourth-order valence-electron chi connectivity index (χ4n) is 3.86. The molecule has 2 atom stereocenters. The van der Waals surface area contributed by atoms with E-state index in [-0.39, 0.29) is 41.9 Å². The summed E-state index contributed by atoms with van der Waals surface area (Å²) < 4.78 is 10.9. The molecule has 0 radical (unpaired) electrons. The number of aliphatic carboxylic acids is 2. The van der Waals surface area contributed by atoms with E-state index in [1.54, 1.807) is 24.3 Å². The number of aryl methyl sites for hydroxylation is 1. The molecular weight excluding hydrogens is 472 g/mol. The Bertz CT molecular complexity index is 1040. The molecule has 0 aliphatic rings. The van der Waals surface area contributed by atoms with Crippen LogP contribution in [0.4, 0.5) is 17.6 Å². The Morgan fingerprint density at radius 3 is 2.06 bits per heavy atom. The van der Waals surface area contributed by atoms with Crippen LogP contribution in [0.5, 0.6) is 0 Å². The van der Waals surface area contributed by atoms with Gasteiger partial charge in [0, 0.05) is 37.7 Å². The average Bonchev–Trinajstić information content (AvgIpc) is 2.81. The zero-order valence-corrected chi connectivity index (χ0v) is 20.1. The Morgan fingerprint density at radius 2 is 1.56 bits per heavy atom. The molecule has 1 heterocycles. The zero-order chi connectivity index (χ0) is 26.8. The van der Waals surface area contributed by atoms with E-state index < -0.39 is 30.2 Å². The lowest BCUT2D eigenvalue weighted by Gasteiger charge is -2.26. The van der Waals surface area contributed by atoms with Crippen LogP contribution in [0, 0.1) is 0 Å². The Morgan fingerprint density at radius 1 is 0.972 bits per heavy atom. The summed E-state index contributed by atoms with van der Waals surface area (Å²) in [7, 11) is 3.01. The molecular formula is C23H32N6O7. The van der Waals surface area contributed by atoms with Gasteiger partial charge in [-0.3, -0.25) is 9.59 Å². The highest BCUT2D eigenvalue weighted by molar-refractivity contribution is 5.96. The largest absolute Gasteiger partial charge is 0.481 e. The lowest BCUT2D eigenvalue weighted by Crippen LogP contribution is -2.41. The number of benzene rings is 1. The number of hydrogen-bond donors (Lipinski definition) is 6. The number of nitrogens with one attached hydrogen (secondary N) is 1. The van der Waals surface area contributed by atoms with Gasteiger partial charge in [-0.2, -0.15) is 9.97 Å². The maximum Gasteiger partial charge on any atom is 0.326 e. The van der Waals surface area contributed by atoms with Crippen LogP contribution in [0.15, 0.2) is 24.3 Å². The van der Waals surface area contributed by atoms with Gasteiger partial charge in [0.15, 0.2) is 6.29 Å². The van der Waals surface area contributed by atoms with Crippen LogP contribution in [-0.4, -0.2) is 64.6 Å². The molecule has 13 nitrogen and oxygen atoms in total. The lowest BCUT2D eigenvalue weighted by molar-refractivity contribution is -0.140. The Balaban J connectivity index is 2.04. The molecule has 0 aliphatic carbocycles. The standard InChI is InChI=1S/C23H32N6O7/c1-35-22(36-2)14(17-18(24)28-23(26)29-19(17)25)5-3-4-12-6-8-13(9-7-12)20(32)27-15(21(33)34)10-11-16(30)31/h6-9,14-15,22H,3-5,10-11H2,1-2H3,(H,27,32)(H,30,31)(H,33,34)(H6,24,25,26,28,29)/t14?,15-/m1/s1. The van der Waals surface area contributed by atoms with E-state index in [1.165, 1.54) is 14.2 Å². The molecule has 0 aliphatic heterocycles. The minimum atomic E-state index is -1.30. The first-order valence-corrected chi connectivity index (χ1v) is 11.2. The lowest BCUT2D eigenvalue weighted by atomic mass is 9.92. The molecule has 2 rings (SSSR count). The molecule has 1 aromatic heterocycles. The zero-order valence-electron chi connectivity index (χ0n) is 20.1. The Kier molecular flexibility index (Phi) is 10.4. The van der Waals surface area contributed by atoms with Crippen LogP contribution in [0.25, 0.3) is 0 Å². The minimum Gasteiger partial charge on any atom is -0.481 e. The predicted molar refractivity (Wildman–Crippen MR) is 131 cm³/mol. The van der Waals surface area contributed by atoms with Crippen LogP contribution in [0.3, 0.4) is 0 Å². The summed E-state index contributed by atoms with van der Waals surface area (Å²) in [6.07, 6.45) is 0.664. The summed E-state index contributed by atoms with van der Waals surface area (Å²) in [5, 5.41) is 20.3. The molecule has 0 saturated heterocycles. The first-order valence-electron chi connectivity index (χ1n) is 11.2. The van der Waals surface area contributed by atoms with Crippen molar-refractivity contribution < 1.29 is 34.1 Å². The number of carbonyl (C=O) groups is 3. The summed E-state index contributed by atoms with van der Waals surface area (Å²) in [6.45, 7) is 0. The second kappa shape index (κ2) is 13.2. The van der Waals surface area contributed by atoms with Crippen molar-refractivity contribution in [3.63, 3.8) is 0 Å². The number of carboxylic acids is 2. The van der Waals surface area contributed by atoms with Crippen LogP contribution in [0.2, 0.25) is 0 Å². The normalized spacial score (nSPS) is 12.8. The van der Waals surface area contributed by atoms with Crippen molar-refractivity contribution >= 4 is 35.4 Å². The highest BCUT2D eigenvalue weighted by Gasteiger charge is 2.28. The number of nitrogens with two attached hydrogens (primary N) is 3. The van der Waals surface area contributed by atoms with Crippen molar-refractivity contribution in [3.05, 3.63) is 41.0 Å². The molecule has 0 spiro atoms. The van der Waals surface area contributed by atoms with Gasteiger partial charge < -0.3 is 42.2 Å². The van der Waals surface area contributed by atoms with Gasteiger partial charge in [0.2, 0.25) is 5.95 Å². The van der Waals surface area contributed by atoms with E-state index in [1.807, 2.05) is 0 Å². The molecule has 0 saturated carbocycles. The second-order valence-electron chi connectivity index (χ2n) is 8.10. The molecule has 36 heavy (non-hydrogen) atoms. The van der Waals surface area contributed by atoms with Crippen molar-refractivity contribution in [2.45, 2.75) is 50.4 Å². The summed E-state index contributed by atoms with van der Waals surface area (Å²) in [6, 6.07) is 5.38. The van der Waals surface area contributed by atoms with Crippen molar-refractivity contribution in [2.75, 3.05) is 31.4 Å². The number of nitrogens with zero attached hydrogens (tertiary/aromatic N) is 2. The number of amides is 1. The van der Waals surface area contributed by atoms with Crippen molar-refractivity contribution in [1.29, 1.82) is 0 Å². The van der Waals surface area contributed by atoms with E-state index in [4.69, 9.17) is 31.8 Å². The molecule has 13 heteroatoms. The summed E-state index contributed by atoms with van der Waals surface area (Å²) in [4.78, 5) is 42.4. The number of ether oxygens (including phenoxy) is 2. The SMILES string of the molecule is COC(OC)C(CCCc1ccc(C(=O)N[C@H](CCC(=O)O)C(=O)O)cc1)c1c(N)nc(N)nc1N. The smallest absolute Gasteiger partial charge is 0.326 e. The number of methoxy groups -OCH3 is 2. The van der Waals surface area contributed by atoms with E-state index in [0.717, 1.165) is 5.56 Å². The number of carboxylic acid groups (broad SMARTS) is 2. The van der Waals surface area contributed by atoms with Gasteiger partial charge >= 0.3 is 11.9 Å². The molecule has 0 bridgehead atoms. The number of hydrogen-bond acceptors (Lipinski definition) is 10. The predicted octanol–water partition coefficient (Wildman–Crippen LogP) is 0.996. The molecule has 1 aromatic carbocycles. The maximum atomic E-state index is 12.4.